The summed E-state index contributed by atoms with van der Waals surface area (Å²) in [7, 11) is 0. The zero-order chi connectivity index (χ0) is 13.8. The number of thiol groups is 1. The quantitative estimate of drug-likeness (QED) is 0.841. The van der Waals surface area contributed by atoms with Crippen molar-refractivity contribution >= 4 is 34.5 Å². The fourth-order valence-corrected chi connectivity index (χ4v) is 2.29. The highest BCUT2D eigenvalue weighted by Gasteiger charge is 2.09. The Balaban J connectivity index is 1.92. The standard InChI is InChI=1S/C13H14BrN3OS/c1-9-7-16-17(8-9)5-4-15-13(18)11-6-10(19)2-3-12(11)14/h2-3,6-8,19H,4-5H2,1H3,(H,15,18). The Labute approximate surface area is 125 Å². The van der Waals surface area contributed by atoms with Gasteiger partial charge in [0, 0.05) is 22.1 Å². The van der Waals surface area contributed by atoms with Crippen LogP contribution in [0, 0.1) is 6.92 Å². The lowest BCUT2D eigenvalue weighted by atomic mass is 10.2. The predicted molar refractivity (Wildman–Crippen MR) is 80.7 cm³/mol. The van der Waals surface area contributed by atoms with Crippen LogP contribution in [-0.4, -0.2) is 22.2 Å². The molecule has 0 aliphatic rings. The summed E-state index contributed by atoms with van der Waals surface area (Å²) in [5.41, 5.74) is 1.70. The molecule has 2 aromatic rings. The van der Waals surface area contributed by atoms with Gasteiger partial charge >= 0.3 is 0 Å². The second kappa shape index (κ2) is 6.25. The normalized spacial score (nSPS) is 10.5. The van der Waals surface area contributed by atoms with Crippen molar-refractivity contribution in [2.45, 2.75) is 18.4 Å². The van der Waals surface area contributed by atoms with Crippen LogP contribution in [0.15, 0.2) is 40.0 Å². The largest absolute Gasteiger partial charge is 0.350 e. The van der Waals surface area contributed by atoms with Crippen molar-refractivity contribution in [1.82, 2.24) is 15.1 Å². The zero-order valence-corrected chi connectivity index (χ0v) is 12.9. The van der Waals surface area contributed by atoms with Gasteiger partial charge in [0.2, 0.25) is 0 Å². The first-order valence-electron chi connectivity index (χ1n) is 5.82. The maximum Gasteiger partial charge on any atom is 0.252 e. The Morgan fingerprint density at radius 3 is 3.00 bits per heavy atom. The SMILES string of the molecule is Cc1cnn(CCNC(=O)c2cc(S)ccc2Br)c1. The van der Waals surface area contributed by atoms with Gasteiger partial charge in [-0.25, -0.2) is 0 Å². The van der Waals surface area contributed by atoms with Gasteiger partial charge in [-0.1, -0.05) is 0 Å². The first-order valence-corrected chi connectivity index (χ1v) is 7.06. The summed E-state index contributed by atoms with van der Waals surface area (Å²) < 4.78 is 2.57. The lowest BCUT2D eigenvalue weighted by Gasteiger charge is -2.07. The molecule has 1 heterocycles. The Kier molecular flexibility index (Phi) is 4.66. The van der Waals surface area contributed by atoms with Crippen LogP contribution in [0.5, 0.6) is 0 Å². The number of carbonyl (C=O) groups is 1. The predicted octanol–water partition coefficient (Wildman–Crippen LogP) is 2.67. The van der Waals surface area contributed by atoms with E-state index in [1.165, 1.54) is 0 Å². The number of aryl methyl sites for hydroxylation is 1. The van der Waals surface area contributed by atoms with E-state index in [4.69, 9.17) is 0 Å². The second-order valence-electron chi connectivity index (χ2n) is 4.20. The molecule has 19 heavy (non-hydrogen) atoms. The molecule has 100 valence electrons. The van der Waals surface area contributed by atoms with Crippen LogP contribution in [0.2, 0.25) is 0 Å². The maximum atomic E-state index is 12.0. The van der Waals surface area contributed by atoms with Crippen molar-refractivity contribution in [3.05, 3.63) is 46.2 Å². The van der Waals surface area contributed by atoms with Crippen LogP contribution in [0.1, 0.15) is 15.9 Å². The van der Waals surface area contributed by atoms with Crippen LogP contribution >= 0.6 is 28.6 Å². The molecule has 1 N–H and O–H groups in total. The number of nitrogens with zero attached hydrogens (tertiary/aromatic N) is 2. The van der Waals surface area contributed by atoms with Gasteiger partial charge in [-0.15, -0.1) is 12.6 Å². The highest BCUT2D eigenvalue weighted by molar-refractivity contribution is 9.10. The minimum absolute atomic E-state index is 0.119. The molecular weight excluding hydrogens is 326 g/mol. The molecule has 2 rings (SSSR count). The Morgan fingerprint density at radius 1 is 1.53 bits per heavy atom. The van der Waals surface area contributed by atoms with E-state index in [2.05, 4.69) is 39.0 Å². The maximum absolute atomic E-state index is 12.0. The van der Waals surface area contributed by atoms with Crippen molar-refractivity contribution in [2.24, 2.45) is 0 Å². The molecule has 0 unspecified atom stereocenters. The highest BCUT2D eigenvalue weighted by Crippen LogP contribution is 2.19. The molecule has 6 heteroatoms. The van der Waals surface area contributed by atoms with E-state index >= 15 is 0 Å². The van der Waals surface area contributed by atoms with Gasteiger partial charge in [0.15, 0.2) is 0 Å². The van der Waals surface area contributed by atoms with Crippen LogP contribution in [0.3, 0.4) is 0 Å². The van der Waals surface area contributed by atoms with Gasteiger partial charge in [-0.05, 0) is 46.6 Å². The summed E-state index contributed by atoms with van der Waals surface area (Å²) in [4.78, 5) is 12.8. The van der Waals surface area contributed by atoms with E-state index in [-0.39, 0.29) is 5.91 Å². The third-order valence-corrected chi connectivity index (χ3v) is 3.55. The van der Waals surface area contributed by atoms with Gasteiger partial charge in [0.1, 0.15) is 0 Å². The molecule has 1 amide bonds. The molecule has 0 aliphatic heterocycles. The van der Waals surface area contributed by atoms with Gasteiger partial charge in [-0.3, -0.25) is 9.48 Å². The molecule has 0 aliphatic carbocycles. The molecule has 0 radical (unpaired) electrons. The Hall–Kier alpha value is -1.27. The second-order valence-corrected chi connectivity index (χ2v) is 5.57. The zero-order valence-electron chi connectivity index (χ0n) is 10.4. The average molecular weight is 340 g/mol. The van der Waals surface area contributed by atoms with Gasteiger partial charge in [0.05, 0.1) is 18.3 Å². The van der Waals surface area contributed by atoms with E-state index in [0.717, 1.165) is 14.9 Å². The average Bonchev–Trinajstić information content (AvgIpc) is 2.78. The third kappa shape index (κ3) is 3.84. The van der Waals surface area contributed by atoms with Crippen molar-refractivity contribution in [2.75, 3.05) is 6.54 Å². The molecule has 1 aromatic heterocycles. The van der Waals surface area contributed by atoms with Crippen LogP contribution in [0.4, 0.5) is 0 Å². The summed E-state index contributed by atoms with van der Waals surface area (Å²) in [6.07, 6.45) is 3.74. The smallest absolute Gasteiger partial charge is 0.252 e. The molecule has 0 saturated heterocycles. The number of hydrogen-bond donors (Lipinski definition) is 2. The van der Waals surface area contributed by atoms with Crippen LogP contribution in [-0.2, 0) is 6.54 Å². The molecule has 4 nitrogen and oxygen atoms in total. The minimum atomic E-state index is -0.119. The third-order valence-electron chi connectivity index (χ3n) is 2.58. The topological polar surface area (TPSA) is 46.9 Å². The number of amides is 1. The van der Waals surface area contributed by atoms with Crippen molar-refractivity contribution in [3.63, 3.8) is 0 Å². The summed E-state index contributed by atoms with van der Waals surface area (Å²) in [5.74, 6) is -0.119. The lowest BCUT2D eigenvalue weighted by Crippen LogP contribution is -2.27. The number of carbonyl (C=O) groups excluding carboxylic acids is 1. The molecule has 0 saturated carbocycles. The number of nitrogens with one attached hydrogen (secondary N) is 1. The van der Waals surface area contributed by atoms with Crippen LogP contribution in [0.25, 0.3) is 0 Å². The van der Waals surface area contributed by atoms with E-state index in [0.29, 0.717) is 18.7 Å². The summed E-state index contributed by atoms with van der Waals surface area (Å²) >= 11 is 7.59. The van der Waals surface area contributed by atoms with Crippen LogP contribution < -0.4 is 5.32 Å². The van der Waals surface area contributed by atoms with Gasteiger partial charge < -0.3 is 5.32 Å². The highest BCUT2D eigenvalue weighted by atomic mass is 79.9. The molecular formula is C13H14BrN3OS. The van der Waals surface area contributed by atoms with Gasteiger partial charge in [0.25, 0.3) is 5.91 Å². The molecule has 0 spiro atoms. The molecule has 1 aromatic carbocycles. The number of halogens is 1. The summed E-state index contributed by atoms with van der Waals surface area (Å²) in [5, 5.41) is 7.02. The first-order chi connectivity index (χ1) is 9.06. The summed E-state index contributed by atoms with van der Waals surface area (Å²) in [6.45, 7) is 3.17. The van der Waals surface area contributed by atoms with Gasteiger partial charge in [-0.2, -0.15) is 5.10 Å². The van der Waals surface area contributed by atoms with Crippen molar-refractivity contribution in [3.8, 4) is 0 Å². The van der Waals surface area contributed by atoms with Crippen molar-refractivity contribution in [1.29, 1.82) is 0 Å². The van der Waals surface area contributed by atoms with E-state index in [1.807, 2.05) is 25.3 Å². The number of rotatable bonds is 4. The van der Waals surface area contributed by atoms with E-state index < -0.39 is 0 Å². The Bertz CT molecular complexity index is 597. The molecule has 0 atom stereocenters. The minimum Gasteiger partial charge on any atom is -0.350 e. The fraction of sp³-hybridized carbons (Fsp3) is 0.231. The number of aromatic nitrogens is 2. The fourth-order valence-electron chi connectivity index (χ4n) is 1.66. The molecule has 0 bridgehead atoms. The lowest BCUT2D eigenvalue weighted by molar-refractivity contribution is 0.0951. The van der Waals surface area contributed by atoms with Crippen molar-refractivity contribution < 1.29 is 4.79 Å². The Morgan fingerprint density at radius 2 is 2.32 bits per heavy atom. The van der Waals surface area contributed by atoms with E-state index in [9.17, 15) is 4.79 Å². The first kappa shape index (κ1) is 14.1. The molecule has 0 fully saturated rings. The van der Waals surface area contributed by atoms with E-state index in [1.54, 1.807) is 16.9 Å². The summed E-state index contributed by atoms with van der Waals surface area (Å²) in [6, 6.07) is 5.38. The number of benzene rings is 1. The number of hydrogen-bond acceptors (Lipinski definition) is 3. The monoisotopic (exact) mass is 339 g/mol.